The number of benzene rings is 2. The number of fused-ring (bicyclic) bond motifs is 1. The first-order chi connectivity index (χ1) is 20.8. The minimum atomic E-state index is -5.02. The maximum atomic E-state index is 14.0. The van der Waals surface area contributed by atoms with Crippen LogP contribution < -0.4 is 10.2 Å². The summed E-state index contributed by atoms with van der Waals surface area (Å²) in [5.41, 5.74) is -2.82. The zero-order valence-electron chi connectivity index (χ0n) is 23.9. The average molecular weight is 663 g/mol. The Bertz CT molecular complexity index is 1690. The van der Waals surface area contributed by atoms with Gasteiger partial charge in [-0.05, 0) is 54.7 Å². The fourth-order valence-corrected chi connectivity index (χ4v) is 5.40. The lowest BCUT2D eigenvalue weighted by Gasteiger charge is -2.22. The Morgan fingerprint density at radius 3 is 2.29 bits per heavy atom. The molecule has 0 saturated heterocycles. The zero-order valence-corrected chi connectivity index (χ0v) is 24.7. The number of nitrogens with zero attached hydrogens (tertiary/aromatic N) is 3. The van der Waals surface area contributed by atoms with Gasteiger partial charge >= 0.3 is 18.3 Å². The topological polar surface area (TPSA) is 131 Å². The van der Waals surface area contributed by atoms with E-state index in [-0.39, 0.29) is 61.6 Å². The molecule has 1 atom stereocenters. The van der Waals surface area contributed by atoms with E-state index < -0.39 is 57.2 Å². The van der Waals surface area contributed by atoms with E-state index in [1.807, 2.05) is 0 Å². The molecule has 244 valence electrons. The molecule has 17 heteroatoms. The van der Waals surface area contributed by atoms with E-state index in [1.54, 1.807) is 0 Å². The van der Waals surface area contributed by atoms with Crippen molar-refractivity contribution in [2.45, 2.75) is 51.2 Å². The second-order valence-electron chi connectivity index (χ2n) is 10.4. The number of anilines is 1. The van der Waals surface area contributed by atoms with Crippen molar-refractivity contribution in [1.29, 1.82) is 0 Å². The van der Waals surface area contributed by atoms with Crippen LogP contribution in [0.2, 0.25) is 0 Å². The summed E-state index contributed by atoms with van der Waals surface area (Å²) in [4.78, 5) is 25.8. The van der Waals surface area contributed by atoms with Gasteiger partial charge in [-0.1, -0.05) is 24.3 Å². The molecule has 1 unspecified atom stereocenters. The number of aromatic carboxylic acids is 1. The molecule has 1 amide bonds. The number of rotatable bonds is 11. The van der Waals surface area contributed by atoms with Crippen molar-refractivity contribution in [2.75, 3.05) is 24.3 Å². The van der Waals surface area contributed by atoms with Crippen LogP contribution in [0, 0.1) is 0 Å². The molecule has 2 N–H and O–H groups in total. The summed E-state index contributed by atoms with van der Waals surface area (Å²) in [5, 5.41) is 15.2. The van der Waals surface area contributed by atoms with Gasteiger partial charge in [0.05, 0.1) is 36.6 Å². The highest BCUT2D eigenvalue weighted by molar-refractivity contribution is 7.85. The standard InChI is InChI=1S/C28H28F6N4O6S/c1-16(18-7-9-20(10-8-18)26(40)41)35-24(39)22-23(28(32,33)34)36-38-12-11-37(25(22)38)15-17-5-6-19(21(14-17)27(29,30)31)4-3-13-44-45(2,42)43/h5-10,14,16H,3-4,11-13,15H2,1-2H3,(H,35,39)(H,40,41). The first-order valence-electron chi connectivity index (χ1n) is 13.5. The molecule has 0 aliphatic carbocycles. The summed E-state index contributed by atoms with van der Waals surface area (Å²) in [7, 11) is -3.76. The second-order valence-corrected chi connectivity index (χ2v) is 12.1. The van der Waals surface area contributed by atoms with Crippen molar-refractivity contribution in [3.05, 3.63) is 81.5 Å². The quantitative estimate of drug-likeness (QED) is 0.166. The summed E-state index contributed by atoms with van der Waals surface area (Å²) >= 11 is 0. The molecule has 1 aliphatic heterocycles. The number of alkyl halides is 6. The SMILES string of the molecule is CC(NC(=O)c1c(C(F)(F)F)nn2c1N(Cc1ccc(CCCOS(C)(=O)=O)c(C(F)(F)F)c1)CC2)c1ccc(C(=O)O)cc1. The van der Waals surface area contributed by atoms with Gasteiger partial charge in [-0.3, -0.25) is 8.98 Å². The minimum absolute atomic E-state index is 0.0123. The number of carboxylic acids is 1. The average Bonchev–Trinajstić information content (AvgIpc) is 3.51. The molecule has 4 rings (SSSR count). The van der Waals surface area contributed by atoms with Gasteiger partial charge in [-0.25, -0.2) is 9.48 Å². The van der Waals surface area contributed by atoms with Crippen LogP contribution in [0.25, 0.3) is 0 Å². The lowest BCUT2D eigenvalue weighted by molar-refractivity contribution is -0.142. The summed E-state index contributed by atoms with van der Waals surface area (Å²) in [6.45, 7) is 0.932. The van der Waals surface area contributed by atoms with Crippen molar-refractivity contribution >= 4 is 27.8 Å². The number of carboxylic acid groups (broad SMARTS) is 1. The van der Waals surface area contributed by atoms with Crippen LogP contribution in [-0.4, -0.2) is 54.6 Å². The fourth-order valence-electron chi connectivity index (χ4n) is 4.98. The van der Waals surface area contributed by atoms with Crippen molar-refractivity contribution < 1.29 is 53.6 Å². The number of amides is 1. The maximum Gasteiger partial charge on any atom is 0.436 e. The lowest BCUT2D eigenvalue weighted by Crippen LogP contribution is -2.31. The normalized spacial score (nSPS) is 14.4. The third kappa shape index (κ3) is 8.13. The summed E-state index contributed by atoms with van der Waals surface area (Å²) in [6, 6.07) is 8.03. The maximum absolute atomic E-state index is 14.0. The first kappa shape index (κ1) is 33.8. The number of halogens is 6. The Labute approximate surface area is 253 Å². The molecule has 45 heavy (non-hydrogen) atoms. The van der Waals surface area contributed by atoms with E-state index in [9.17, 15) is 44.3 Å². The first-order valence-corrected chi connectivity index (χ1v) is 15.3. The predicted molar refractivity (Wildman–Crippen MR) is 148 cm³/mol. The van der Waals surface area contributed by atoms with Crippen LogP contribution in [0.3, 0.4) is 0 Å². The molecule has 0 bridgehead atoms. The van der Waals surface area contributed by atoms with Crippen LogP contribution in [0.4, 0.5) is 32.2 Å². The second kappa shape index (κ2) is 12.7. The van der Waals surface area contributed by atoms with Gasteiger partial charge in [0.1, 0.15) is 11.4 Å². The zero-order chi connectivity index (χ0) is 33.3. The number of nitrogens with one attached hydrogen (secondary N) is 1. The van der Waals surface area contributed by atoms with E-state index in [4.69, 9.17) is 5.11 Å². The van der Waals surface area contributed by atoms with Gasteiger partial charge in [0.25, 0.3) is 16.0 Å². The van der Waals surface area contributed by atoms with Gasteiger partial charge in [-0.2, -0.15) is 39.9 Å². The molecule has 3 aromatic rings. The third-order valence-electron chi connectivity index (χ3n) is 7.05. The van der Waals surface area contributed by atoms with E-state index in [1.165, 1.54) is 48.2 Å². The number of aryl methyl sites for hydroxylation is 1. The third-order valence-corrected chi connectivity index (χ3v) is 7.64. The molecule has 0 saturated carbocycles. The molecule has 10 nitrogen and oxygen atoms in total. The van der Waals surface area contributed by atoms with Crippen LogP contribution in [0.1, 0.15) is 68.1 Å². The van der Waals surface area contributed by atoms with Crippen LogP contribution in [-0.2, 0) is 46.2 Å². The minimum Gasteiger partial charge on any atom is -0.478 e. The largest absolute Gasteiger partial charge is 0.478 e. The molecular weight excluding hydrogens is 634 g/mol. The van der Waals surface area contributed by atoms with Gasteiger partial charge in [0.15, 0.2) is 5.69 Å². The lowest BCUT2D eigenvalue weighted by atomic mass is 9.99. The number of aromatic nitrogens is 2. The Balaban J connectivity index is 1.60. The van der Waals surface area contributed by atoms with Crippen molar-refractivity contribution in [3.8, 4) is 0 Å². The summed E-state index contributed by atoms with van der Waals surface area (Å²) in [5.74, 6) is -2.50. The highest BCUT2D eigenvalue weighted by Crippen LogP contribution is 2.39. The Hall–Kier alpha value is -4.12. The number of hydrogen-bond acceptors (Lipinski definition) is 7. The molecule has 1 aliphatic rings. The van der Waals surface area contributed by atoms with E-state index >= 15 is 0 Å². The van der Waals surface area contributed by atoms with Crippen molar-refractivity contribution in [3.63, 3.8) is 0 Å². The van der Waals surface area contributed by atoms with E-state index in [0.717, 1.165) is 17.0 Å². The molecule has 0 spiro atoms. The molecule has 2 aromatic carbocycles. The predicted octanol–water partition coefficient (Wildman–Crippen LogP) is 5.04. The molecular formula is C28H28F6N4O6S. The highest BCUT2D eigenvalue weighted by Gasteiger charge is 2.44. The van der Waals surface area contributed by atoms with E-state index in [2.05, 4.69) is 14.6 Å². The number of hydrogen-bond donors (Lipinski definition) is 2. The molecule has 1 aromatic heterocycles. The van der Waals surface area contributed by atoms with Crippen LogP contribution in [0.5, 0.6) is 0 Å². The fraction of sp³-hybridized carbons (Fsp3) is 0.393. The Kier molecular flexibility index (Phi) is 9.53. The monoisotopic (exact) mass is 662 g/mol. The van der Waals surface area contributed by atoms with Crippen LogP contribution >= 0.6 is 0 Å². The van der Waals surface area contributed by atoms with Gasteiger partial charge in [0.2, 0.25) is 0 Å². The van der Waals surface area contributed by atoms with E-state index in [0.29, 0.717) is 5.56 Å². The van der Waals surface area contributed by atoms with Crippen molar-refractivity contribution in [2.24, 2.45) is 0 Å². The number of carbonyl (C=O) groups excluding carboxylic acids is 1. The number of carbonyl (C=O) groups is 2. The van der Waals surface area contributed by atoms with Gasteiger partial charge < -0.3 is 15.3 Å². The summed E-state index contributed by atoms with van der Waals surface area (Å²) in [6.07, 6.45) is -9.13. The van der Waals surface area contributed by atoms with Gasteiger partial charge in [-0.15, -0.1) is 0 Å². The smallest absolute Gasteiger partial charge is 0.436 e. The summed E-state index contributed by atoms with van der Waals surface area (Å²) < 4.78 is 112. The van der Waals surface area contributed by atoms with Crippen molar-refractivity contribution in [1.82, 2.24) is 15.1 Å². The Morgan fingerprint density at radius 1 is 1.04 bits per heavy atom. The molecule has 0 radical (unpaired) electrons. The highest BCUT2D eigenvalue weighted by atomic mass is 32.2. The molecule has 0 fully saturated rings. The molecule has 2 heterocycles. The van der Waals surface area contributed by atoms with Crippen LogP contribution in [0.15, 0.2) is 42.5 Å². The van der Waals surface area contributed by atoms with Gasteiger partial charge in [0, 0.05) is 13.1 Å². The Morgan fingerprint density at radius 2 is 1.71 bits per heavy atom.